The van der Waals surface area contributed by atoms with Gasteiger partial charge in [-0.2, -0.15) is 0 Å². The predicted molar refractivity (Wildman–Crippen MR) is 104 cm³/mol. The van der Waals surface area contributed by atoms with Gasteiger partial charge in [-0.15, -0.1) is 0 Å². The van der Waals surface area contributed by atoms with Gasteiger partial charge in [0.15, 0.2) is 0 Å². The lowest BCUT2D eigenvalue weighted by Gasteiger charge is -2.19. The number of benzene rings is 4. The summed E-state index contributed by atoms with van der Waals surface area (Å²) in [4.78, 5) is 0. The maximum atomic E-state index is 2.37. The fourth-order valence-electron chi connectivity index (χ4n) is 4.01. The molecule has 0 N–H and O–H groups in total. The number of aryl methyl sites for hydroxylation is 1. The third-order valence-corrected chi connectivity index (χ3v) is 5.13. The molecule has 0 radical (unpaired) electrons. The lowest BCUT2D eigenvalue weighted by Crippen LogP contribution is -1.99. The summed E-state index contributed by atoms with van der Waals surface area (Å²) in [6, 6.07) is 26.5. The van der Waals surface area contributed by atoms with Crippen LogP contribution in [0.25, 0.3) is 38.7 Å². The highest BCUT2D eigenvalue weighted by Gasteiger charge is 2.16. The van der Waals surface area contributed by atoms with Gasteiger partial charge in [0.25, 0.3) is 0 Å². The second kappa shape index (κ2) is 5.35. The summed E-state index contributed by atoms with van der Waals surface area (Å²) in [6.07, 6.45) is 6.90. The molecule has 24 heavy (non-hydrogen) atoms. The smallest absolute Gasteiger partial charge is 0.00961 e. The Bertz CT molecular complexity index is 1090. The molecule has 0 aromatic heterocycles. The van der Waals surface area contributed by atoms with Crippen molar-refractivity contribution in [1.29, 1.82) is 0 Å². The first-order chi connectivity index (χ1) is 11.9. The number of hydrogen-bond acceptors (Lipinski definition) is 0. The first kappa shape index (κ1) is 13.6. The maximum absolute atomic E-state index is 2.37. The molecule has 0 saturated heterocycles. The number of fused-ring (bicyclic) bond motifs is 4. The van der Waals surface area contributed by atoms with E-state index in [0.29, 0.717) is 0 Å². The van der Waals surface area contributed by atoms with E-state index in [4.69, 9.17) is 0 Å². The monoisotopic (exact) mass is 306 g/mol. The molecule has 5 rings (SSSR count). The molecule has 0 bridgehead atoms. The summed E-state index contributed by atoms with van der Waals surface area (Å²) in [5.74, 6) is 0. The highest BCUT2D eigenvalue weighted by Crippen LogP contribution is 2.39. The number of hydrogen-bond donors (Lipinski definition) is 0. The van der Waals surface area contributed by atoms with Gasteiger partial charge >= 0.3 is 0 Å². The van der Waals surface area contributed by atoms with Crippen molar-refractivity contribution in [2.24, 2.45) is 0 Å². The molecular formula is C24H18. The van der Waals surface area contributed by atoms with Gasteiger partial charge in [-0.25, -0.2) is 0 Å². The predicted octanol–water partition coefficient (Wildman–Crippen LogP) is 6.62. The van der Waals surface area contributed by atoms with E-state index in [0.717, 1.165) is 12.8 Å². The Morgan fingerprint density at radius 1 is 0.625 bits per heavy atom. The van der Waals surface area contributed by atoms with Gasteiger partial charge in [-0.05, 0) is 62.7 Å². The summed E-state index contributed by atoms with van der Waals surface area (Å²) >= 11 is 0. The molecule has 0 nitrogen and oxygen atoms in total. The Kier molecular flexibility index (Phi) is 3.02. The lowest BCUT2D eigenvalue weighted by atomic mass is 9.84. The van der Waals surface area contributed by atoms with E-state index in [2.05, 4.69) is 84.9 Å². The van der Waals surface area contributed by atoms with Crippen LogP contribution >= 0.6 is 0 Å². The van der Waals surface area contributed by atoms with E-state index >= 15 is 0 Å². The molecule has 4 aromatic rings. The zero-order chi connectivity index (χ0) is 15.9. The fourth-order valence-corrected chi connectivity index (χ4v) is 4.01. The van der Waals surface area contributed by atoms with Crippen LogP contribution in [-0.2, 0) is 6.42 Å². The fraction of sp³-hybridized carbons (Fsp3) is 0.0833. The van der Waals surface area contributed by atoms with Crippen LogP contribution in [0.1, 0.15) is 17.5 Å². The minimum Gasteiger partial charge on any atom is -0.0836 e. The van der Waals surface area contributed by atoms with Crippen molar-refractivity contribution in [3.05, 3.63) is 90.0 Å². The van der Waals surface area contributed by atoms with Crippen molar-refractivity contribution in [2.75, 3.05) is 0 Å². The van der Waals surface area contributed by atoms with Gasteiger partial charge in [0, 0.05) is 0 Å². The van der Waals surface area contributed by atoms with Crippen LogP contribution in [0.5, 0.6) is 0 Å². The van der Waals surface area contributed by atoms with E-state index < -0.39 is 0 Å². The van der Waals surface area contributed by atoms with Crippen LogP contribution in [0.2, 0.25) is 0 Å². The summed E-state index contributed by atoms with van der Waals surface area (Å²) in [5, 5.41) is 5.38. The van der Waals surface area contributed by atoms with Crippen LogP contribution < -0.4 is 0 Å². The zero-order valence-electron chi connectivity index (χ0n) is 13.5. The molecule has 0 aliphatic heterocycles. The summed E-state index contributed by atoms with van der Waals surface area (Å²) in [5.41, 5.74) is 5.59. The van der Waals surface area contributed by atoms with E-state index in [1.165, 1.54) is 43.8 Å². The van der Waals surface area contributed by atoms with E-state index in [1.54, 1.807) is 0 Å². The van der Waals surface area contributed by atoms with Crippen molar-refractivity contribution in [3.8, 4) is 11.1 Å². The Balaban J connectivity index is 1.92. The maximum Gasteiger partial charge on any atom is -0.00961 e. The average molecular weight is 306 g/mol. The van der Waals surface area contributed by atoms with Gasteiger partial charge in [-0.1, -0.05) is 78.9 Å². The van der Waals surface area contributed by atoms with Crippen LogP contribution in [0.4, 0.5) is 0 Å². The largest absolute Gasteiger partial charge is 0.0836 e. The minimum atomic E-state index is 1.13. The third kappa shape index (κ3) is 2.00. The highest BCUT2D eigenvalue weighted by molar-refractivity contribution is 6.03. The Hall–Kier alpha value is -2.86. The van der Waals surface area contributed by atoms with Gasteiger partial charge in [0.1, 0.15) is 0 Å². The quantitative estimate of drug-likeness (QED) is 0.371. The summed E-state index contributed by atoms with van der Waals surface area (Å²) in [6.45, 7) is 0. The SMILES string of the molecule is C1=Cc2c(-c3cccc4ccccc34)cc3ccccc3c2CC1. The number of allylic oxidation sites excluding steroid dienone is 1. The second-order valence-corrected chi connectivity index (χ2v) is 6.51. The molecule has 0 saturated carbocycles. The molecule has 4 aromatic carbocycles. The summed E-state index contributed by atoms with van der Waals surface area (Å²) in [7, 11) is 0. The van der Waals surface area contributed by atoms with Gasteiger partial charge in [-0.3, -0.25) is 0 Å². The van der Waals surface area contributed by atoms with Gasteiger partial charge in [0.05, 0.1) is 0 Å². The van der Waals surface area contributed by atoms with Crippen LogP contribution in [0.3, 0.4) is 0 Å². The normalized spacial score (nSPS) is 13.3. The van der Waals surface area contributed by atoms with Crippen LogP contribution in [0.15, 0.2) is 78.9 Å². The first-order valence-electron chi connectivity index (χ1n) is 8.61. The second-order valence-electron chi connectivity index (χ2n) is 6.51. The Morgan fingerprint density at radius 2 is 1.38 bits per heavy atom. The molecule has 0 spiro atoms. The van der Waals surface area contributed by atoms with Crippen molar-refractivity contribution in [2.45, 2.75) is 12.8 Å². The number of rotatable bonds is 1. The Morgan fingerprint density at radius 3 is 2.29 bits per heavy atom. The molecule has 114 valence electrons. The van der Waals surface area contributed by atoms with Crippen molar-refractivity contribution < 1.29 is 0 Å². The molecular weight excluding hydrogens is 288 g/mol. The van der Waals surface area contributed by atoms with Crippen LogP contribution in [0, 0.1) is 0 Å². The molecule has 1 aliphatic carbocycles. The van der Waals surface area contributed by atoms with E-state index in [-0.39, 0.29) is 0 Å². The molecule has 0 heterocycles. The molecule has 0 amide bonds. The topological polar surface area (TPSA) is 0 Å². The standard InChI is InChI=1S/C24H18/c1-3-11-19-17(8-1)10-7-15-22(19)24-16-18-9-2-4-12-20(18)21-13-5-6-14-23(21)24/h1-4,6-12,14-16H,5,13H2. The first-order valence-corrected chi connectivity index (χ1v) is 8.61. The molecule has 0 heteroatoms. The van der Waals surface area contributed by atoms with Crippen LogP contribution in [-0.4, -0.2) is 0 Å². The van der Waals surface area contributed by atoms with Crippen molar-refractivity contribution in [1.82, 2.24) is 0 Å². The average Bonchev–Trinajstić information content (AvgIpc) is 2.67. The van der Waals surface area contributed by atoms with Crippen molar-refractivity contribution in [3.63, 3.8) is 0 Å². The molecule has 0 atom stereocenters. The Labute approximate surface area is 142 Å². The third-order valence-electron chi connectivity index (χ3n) is 5.13. The molecule has 0 unspecified atom stereocenters. The van der Waals surface area contributed by atoms with E-state index in [9.17, 15) is 0 Å². The summed E-state index contributed by atoms with van der Waals surface area (Å²) < 4.78 is 0. The van der Waals surface area contributed by atoms with Gasteiger partial charge in [0.2, 0.25) is 0 Å². The molecule has 0 fully saturated rings. The van der Waals surface area contributed by atoms with Crippen molar-refractivity contribution >= 4 is 27.6 Å². The molecule has 1 aliphatic rings. The minimum absolute atomic E-state index is 1.13. The lowest BCUT2D eigenvalue weighted by molar-refractivity contribution is 0.998. The van der Waals surface area contributed by atoms with Gasteiger partial charge < -0.3 is 0 Å². The highest BCUT2D eigenvalue weighted by atomic mass is 14.2. The zero-order valence-corrected chi connectivity index (χ0v) is 13.5. The van der Waals surface area contributed by atoms with E-state index in [1.807, 2.05) is 0 Å².